The summed E-state index contributed by atoms with van der Waals surface area (Å²) in [5, 5.41) is 0. The van der Waals surface area contributed by atoms with E-state index in [0.29, 0.717) is 23.2 Å². The molecular weight excluding hydrogens is 318 g/mol. The Morgan fingerprint density at radius 1 is 1.00 bits per heavy atom. The molecule has 0 radical (unpaired) electrons. The third kappa shape index (κ3) is 2.74. The maximum Gasteiger partial charge on any atom is 0.262 e. The Labute approximate surface area is 145 Å². The molecule has 1 aliphatic rings. The fraction of sp³-hybridized carbons (Fsp3) is 0.150. The molecule has 126 valence electrons. The molecule has 0 saturated carbocycles. The van der Waals surface area contributed by atoms with Gasteiger partial charge in [0, 0.05) is 5.92 Å². The van der Waals surface area contributed by atoms with Crippen LogP contribution in [0.15, 0.2) is 61.2 Å². The van der Waals surface area contributed by atoms with Gasteiger partial charge in [0.05, 0.1) is 18.2 Å². The van der Waals surface area contributed by atoms with Gasteiger partial charge >= 0.3 is 0 Å². The van der Waals surface area contributed by atoms with Crippen LogP contribution in [0.3, 0.4) is 0 Å². The summed E-state index contributed by atoms with van der Waals surface area (Å²) in [6.07, 6.45) is 2.20. The Kier molecular flexibility index (Phi) is 4.48. The highest BCUT2D eigenvalue weighted by Crippen LogP contribution is 2.31. The number of methoxy groups -OCH3 is 1. The van der Waals surface area contributed by atoms with Gasteiger partial charge in [-0.2, -0.15) is 0 Å². The van der Waals surface area contributed by atoms with Crippen molar-refractivity contribution in [3.63, 3.8) is 0 Å². The van der Waals surface area contributed by atoms with Crippen LogP contribution in [0.25, 0.3) is 0 Å². The minimum Gasteiger partial charge on any atom is -0.497 e. The van der Waals surface area contributed by atoms with Gasteiger partial charge in [-0.05, 0) is 29.8 Å². The van der Waals surface area contributed by atoms with Gasteiger partial charge in [-0.25, -0.2) is 0 Å². The van der Waals surface area contributed by atoms with E-state index in [2.05, 4.69) is 6.58 Å². The molecule has 0 unspecified atom stereocenters. The Bertz CT molecular complexity index is 806. The van der Waals surface area contributed by atoms with Gasteiger partial charge in [-0.3, -0.25) is 14.5 Å². The van der Waals surface area contributed by atoms with E-state index >= 15 is 0 Å². The number of imide groups is 1. The average Bonchev–Trinajstić information content (AvgIpc) is 2.91. The van der Waals surface area contributed by atoms with E-state index in [0.717, 1.165) is 10.5 Å². The van der Waals surface area contributed by atoms with Gasteiger partial charge < -0.3 is 9.53 Å². The van der Waals surface area contributed by atoms with Crippen molar-refractivity contribution in [3.05, 3.63) is 77.9 Å². The van der Waals surface area contributed by atoms with Gasteiger partial charge in [0.15, 0.2) is 0 Å². The molecule has 0 spiro atoms. The van der Waals surface area contributed by atoms with Crippen molar-refractivity contribution in [1.29, 1.82) is 0 Å². The van der Waals surface area contributed by atoms with Crippen molar-refractivity contribution in [2.75, 3.05) is 7.11 Å². The summed E-state index contributed by atoms with van der Waals surface area (Å²) in [4.78, 5) is 38.1. The highest BCUT2D eigenvalue weighted by atomic mass is 16.5. The molecule has 3 rings (SSSR count). The van der Waals surface area contributed by atoms with E-state index in [9.17, 15) is 14.4 Å². The van der Waals surface area contributed by atoms with E-state index in [1.54, 1.807) is 61.7 Å². The topological polar surface area (TPSA) is 63.7 Å². The normalized spacial score (nSPS) is 15.5. The van der Waals surface area contributed by atoms with Crippen LogP contribution in [0.4, 0.5) is 0 Å². The van der Waals surface area contributed by atoms with Crippen molar-refractivity contribution in [2.24, 2.45) is 0 Å². The number of fused-ring (bicyclic) bond motifs is 1. The highest BCUT2D eigenvalue weighted by Gasteiger charge is 2.42. The predicted molar refractivity (Wildman–Crippen MR) is 92.7 cm³/mol. The van der Waals surface area contributed by atoms with E-state index in [1.165, 1.54) is 0 Å². The van der Waals surface area contributed by atoms with Gasteiger partial charge in [0.2, 0.25) is 0 Å². The number of amides is 2. The lowest BCUT2D eigenvalue weighted by atomic mass is 9.91. The van der Waals surface area contributed by atoms with Gasteiger partial charge in [-0.15, -0.1) is 6.58 Å². The fourth-order valence-corrected chi connectivity index (χ4v) is 3.08. The Balaban J connectivity index is 1.98. The molecule has 0 saturated heterocycles. The zero-order chi connectivity index (χ0) is 18.0. The molecule has 0 N–H and O–H groups in total. The zero-order valence-corrected chi connectivity index (χ0v) is 13.7. The van der Waals surface area contributed by atoms with Crippen molar-refractivity contribution in [3.8, 4) is 5.75 Å². The quantitative estimate of drug-likeness (QED) is 0.463. The van der Waals surface area contributed by atoms with Crippen molar-refractivity contribution in [1.82, 2.24) is 4.90 Å². The molecular formula is C20H17NO4. The van der Waals surface area contributed by atoms with Crippen LogP contribution >= 0.6 is 0 Å². The Morgan fingerprint density at radius 2 is 1.56 bits per heavy atom. The smallest absolute Gasteiger partial charge is 0.262 e. The molecule has 0 aromatic heterocycles. The molecule has 0 bridgehead atoms. The van der Waals surface area contributed by atoms with Crippen LogP contribution in [-0.2, 0) is 4.79 Å². The molecule has 2 amide bonds. The number of carbonyl (C=O) groups excluding carboxylic acids is 3. The molecule has 5 nitrogen and oxygen atoms in total. The van der Waals surface area contributed by atoms with Gasteiger partial charge in [0.1, 0.15) is 18.1 Å². The first-order valence-electron chi connectivity index (χ1n) is 7.81. The minimum atomic E-state index is -0.960. The fourth-order valence-electron chi connectivity index (χ4n) is 3.08. The number of hydrogen-bond donors (Lipinski definition) is 0. The number of carbonyl (C=O) groups is 3. The number of benzene rings is 2. The van der Waals surface area contributed by atoms with Gasteiger partial charge in [0.25, 0.3) is 11.8 Å². The summed E-state index contributed by atoms with van der Waals surface area (Å²) in [5.74, 6) is -0.753. The van der Waals surface area contributed by atoms with Crippen LogP contribution in [0.2, 0.25) is 0 Å². The first-order chi connectivity index (χ1) is 12.1. The lowest BCUT2D eigenvalue weighted by molar-refractivity contribution is -0.111. The highest BCUT2D eigenvalue weighted by molar-refractivity contribution is 6.22. The molecule has 2 atom stereocenters. The second-order valence-corrected chi connectivity index (χ2v) is 5.69. The van der Waals surface area contributed by atoms with E-state index in [4.69, 9.17) is 4.74 Å². The van der Waals surface area contributed by atoms with Crippen LogP contribution in [0.5, 0.6) is 5.75 Å². The van der Waals surface area contributed by atoms with Crippen LogP contribution in [0.1, 0.15) is 32.2 Å². The molecule has 25 heavy (non-hydrogen) atoms. The molecule has 0 fully saturated rings. The first-order valence-corrected chi connectivity index (χ1v) is 7.81. The molecule has 2 aromatic carbocycles. The van der Waals surface area contributed by atoms with Crippen LogP contribution < -0.4 is 4.74 Å². The second kappa shape index (κ2) is 6.73. The Hall–Kier alpha value is -3.21. The predicted octanol–water partition coefficient (Wildman–Crippen LogP) is 2.83. The summed E-state index contributed by atoms with van der Waals surface area (Å²) in [6.45, 7) is 3.78. The summed E-state index contributed by atoms with van der Waals surface area (Å²) < 4.78 is 5.13. The number of hydrogen-bond acceptors (Lipinski definition) is 4. The maximum absolute atomic E-state index is 12.7. The van der Waals surface area contributed by atoms with Gasteiger partial charge in [-0.1, -0.05) is 30.3 Å². The number of rotatable bonds is 6. The monoisotopic (exact) mass is 335 g/mol. The molecule has 5 heteroatoms. The van der Waals surface area contributed by atoms with Crippen molar-refractivity contribution in [2.45, 2.75) is 12.0 Å². The minimum absolute atomic E-state index is 0.317. The summed E-state index contributed by atoms with van der Waals surface area (Å²) in [7, 11) is 1.56. The Morgan fingerprint density at radius 3 is 2.00 bits per heavy atom. The number of ether oxygens (including phenoxy) is 1. The second-order valence-electron chi connectivity index (χ2n) is 5.69. The molecule has 1 heterocycles. The third-order valence-corrected chi connectivity index (χ3v) is 4.39. The molecule has 2 aromatic rings. The van der Waals surface area contributed by atoms with Crippen LogP contribution in [-0.4, -0.2) is 36.2 Å². The van der Waals surface area contributed by atoms with E-state index < -0.39 is 23.8 Å². The van der Waals surface area contributed by atoms with Crippen molar-refractivity contribution < 1.29 is 19.1 Å². The van der Waals surface area contributed by atoms with Crippen LogP contribution in [0, 0.1) is 0 Å². The largest absolute Gasteiger partial charge is 0.497 e. The summed E-state index contributed by atoms with van der Waals surface area (Å²) in [5.41, 5.74) is 1.40. The zero-order valence-electron chi connectivity index (χ0n) is 13.7. The molecule has 1 aliphatic heterocycles. The standard InChI is InChI=1S/C20H17NO4/c1-3-15(13-8-10-14(25-2)11-9-13)18(12-22)21-19(23)16-6-4-5-7-17(16)20(21)24/h3-12,15,18H,1H2,2H3/t15-,18+/m1/s1. The molecule has 0 aliphatic carbocycles. The lowest BCUT2D eigenvalue weighted by Crippen LogP contribution is -2.44. The SMILES string of the molecule is C=C[C@H](c1ccc(OC)cc1)[C@H](C=O)N1C(=O)c2ccccc2C1=O. The number of nitrogens with zero attached hydrogens (tertiary/aromatic N) is 1. The summed E-state index contributed by atoms with van der Waals surface area (Å²) in [6, 6.07) is 12.7. The first kappa shape index (κ1) is 16.6. The van der Waals surface area contributed by atoms with E-state index in [1.807, 2.05) is 0 Å². The lowest BCUT2D eigenvalue weighted by Gasteiger charge is -2.27. The van der Waals surface area contributed by atoms with Crippen molar-refractivity contribution >= 4 is 18.1 Å². The van der Waals surface area contributed by atoms with E-state index in [-0.39, 0.29) is 0 Å². The average molecular weight is 335 g/mol. The summed E-state index contributed by atoms with van der Waals surface area (Å²) >= 11 is 0. The third-order valence-electron chi connectivity index (χ3n) is 4.39. The number of aldehydes is 1. The maximum atomic E-state index is 12.7.